The second-order valence-corrected chi connectivity index (χ2v) is 4.18. The minimum Gasteiger partial charge on any atom is -0.496 e. The van der Waals surface area contributed by atoms with Gasteiger partial charge in [0, 0.05) is 26.1 Å². The van der Waals surface area contributed by atoms with Crippen LogP contribution in [0.4, 0.5) is 0 Å². The second kappa shape index (κ2) is 7.71. The largest absolute Gasteiger partial charge is 0.496 e. The first-order valence-electron chi connectivity index (χ1n) is 6.28. The molecule has 0 atom stereocenters. The van der Waals surface area contributed by atoms with E-state index in [-0.39, 0.29) is 5.91 Å². The Bertz CT molecular complexity index is 391. The van der Waals surface area contributed by atoms with Crippen molar-refractivity contribution in [2.45, 2.75) is 26.8 Å². The minimum atomic E-state index is 0.0934. The molecule has 100 valence electrons. The van der Waals surface area contributed by atoms with Gasteiger partial charge in [0.05, 0.1) is 7.11 Å². The first-order valence-corrected chi connectivity index (χ1v) is 6.28. The zero-order valence-electron chi connectivity index (χ0n) is 11.4. The molecule has 0 fully saturated rings. The molecule has 4 nitrogen and oxygen atoms in total. The van der Waals surface area contributed by atoms with E-state index in [0.29, 0.717) is 19.5 Å². The van der Waals surface area contributed by atoms with Gasteiger partial charge in [0.15, 0.2) is 0 Å². The number of benzene rings is 1. The van der Waals surface area contributed by atoms with Crippen molar-refractivity contribution in [2.75, 3.05) is 20.2 Å². The van der Waals surface area contributed by atoms with Crippen molar-refractivity contribution in [3.8, 4) is 5.75 Å². The summed E-state index contributed by atoms with van der Waals surface area (Å²) in [5.41, 5.74) is 2.32. The van der Waals surface area contributed by atoms with Crippen LogP contribution in [0.2, 0.25) is 0 Å². The van der Waals surface area contributed by atoms with E-state index in [1.807, 2.05) is 26.0 Å². The van der Waals surface area contributed by atoms with Gasteiger partial charge in [-0.05, 0) is 31.0 Å². The van der Waals surface area contributed by atoms with Gasteiger partial charge in [0.1, 0.15) is 5.75 Å². The van der Waals surface area contributed by atoms with E-state index in [1.165, 1.54) is 5.56 Å². The zero-order chi connectivity index (χ0) is 13.4. The van der Waals surface area contributed by atoms with Gasteiger partial charge in [0.2, 0.25) is 5.91 Å². The van der Waals surface area contributed by atoms with Crippen molar-refractivity contribution in [2.24, 2.45) is 0 Å². The second-order valence-electron chi connectivity index (χ2n) is 4.18. The summed E-state index contributed by atoms with van der Waals surface area (Å²) in [6, 6.07) is 6.10. The number of hydrogen-bond donors (Lipinski definition) is 2. The smallest absolute Gasteiger partial charge is 0.221 e. The van der Waals surface area contributed by atoms with Crippen LogP contribution in [0, 0.1) is 6.92 Å². The fraction of sp³-hybridized carbons (Fsp3) is 0.500. The van der Waals surface area contributed by atoms with Crippen LogP contribution in [-0.4, -0.2) is 26.1 Å². The highest BCUT2D eigenvalue weighted by molar-refractivity contribution is 5.75. The van der Waals surface area contributed by atoms with Crippen molar-refractivity contribution >= 4 is 5.91 Å². The summed E-state index contributed by atoms with van der Waals surface area (Å²) in [6.45, 7) is 6.10. The van der Waals surface area contributed by atoms with Gasteiger partial charge < -0.3 is 15.4 Å². The Morgan fingerprint density at radius 1 is 1.39 bits per heavy atom. The molecule has 1 rings (SSSR count). The highest BCUT2D eigenvalue weighted by Gasteiger charge is 2.01. The summed E-state index contributed by atoms with van der Waals surface area (Å²) in [6.07, 6.45) is 0.517. The number of amides is 1. The molecule has 4 heteroatoms. The summed E-state index contributed by atoms with van der Waals surface area (Å²) in [5.74, 6) is 0.997. The molecule has 0 bridgehead atoms. The third-order valence-electron chi connectivity index (χ3n) is 2.69. The highest BCUT2D eigenvalue weighted by Crippen LogP contribution is 2.18. The average Bonchev–Trinajstić information content (AvgIpc) is 2.35. The molecule has 2 N–H and O–H groups in total. The Balaban J connectivity index is 2.31. The first-order chi connectivity index (χ1) is 8.67. The lowest BCUT2D eigenvalue weighted by Crippen LogP contribution is -2.27. The fourth-order valence-corrected chi connectivity index (χ4v) is 1.77. The van der Waals surface area contributed by atoms with Crippen LogP contribution in [0.3, 0.4) is 0 Å². The topological polar surface area (TPSA) is 50.4 Å². The summed E-state index contributed by atoms with van der Waals surface area (Å²) in [5, 5.41) is 6.03. The molecule has 0 spiro atoms. The van der Waals surface area contributed by atoms with Gasteiger partial charge in [-0.3, -0.25) is 4.79 Å². The lowest BCUT2D eigenvalue weighted by Gasteiger charge is -2.08. The van der Waals surface area contributed by atoms with Gasteiger partial charge >= 0.3 is 0 Å². The minimum absolute atomic E-state index is 0.0934. The molecule has 0 aliphatic rings. The molecule has 0 unspecified atom stereocenters. The molecule has 0 aliphatic heterocycles. The number of carbonyl (C=O) groups excluding carboxylic acids is 1. The molecule has 0 aliphatic carbocycles. The monoisotopic (exact) mass is 250 g/mol. The van der Waals surface area contributed by atoms with Crippen LogP contribution < -0.4 is 15.4 Å². The van der Waals surface area contributed by atoms with Crippen LogP contribution in [0.1, 0.15) is 24.5 Å². The van der Waals surface area contributed by atoms with Crippen LogP contribution in [0.15, 0.2) is 18.2 Å². The molecule has 0 radical (unpaired) electrons. The number of aryl methyl sites for hydroxylation is 1. The third-order valence-corrected chi connectivity index (χ3v) is 2.69. The summed E-state index contributed by atoms with van der Waals surface area (Å²) < 4.78 is 5.21. The maximum atomic E-state index is 11.2. The predicted octanol–water partition coefficient (Wildman–Crippen LogP) is 1.62. The van der Waals surface area contributed by atoms with Crippen LogP contribution in [-0.2, 0) is 11.3 Å². The van der Waals surface area contributed by atoms with Crippen molar-refractivity contribution in [3.05, 3.63) is 29.3 Å². The van der Waals surface area contributed by atoms with E-state index < -0.39 is 0 Å². The highest BCUT2D eigenvalue weighted by atomic mass is 16.5. The van der Waals surface area contributed by atoms with Crippen molar-refractivity contribution in [1.82, 2.24) is 10.6 Å². The Hall–Kier alpha value is -1.55. The normalized spacial score (nSPS) is 10.2. The number of ether oxygens (including phenoxy) is 1. The molecule has 0 aromatic heterocycles. The van der Waals surface area contributed by atoms with E-state index in [0.717, 1.165) is 17.9 Å². The van der Waals surface area contributed by atoms with Gasteiger partial charge in [-0.1, -0.05) is 12.1 Å². The molecule has 1 aromatic carbocycles. The van der Waals surface area contributed by atoms with E-state index in [4.69, 9.17) is 4.74 Å². The van der Waals surface area contributed by atoms with Crippen LogP contribution in [0.5, 0.6) is 5.75 Å². The van der Waals surface area contributed by atoms with Crippen molar-refractivity contribution in [3.63, 3.8) is 0 Å². The van der Waals surface area contributed by atoms with Gasteiger partial charge in [0.25, 0.3) is 0 Å². The number of rotatable bonds is 7. The Morgan fingerprint density at radius 3 is 2.78 bits per heavy atom. The van der Waals surface area contributed by atoms with Gasteiger partial charge in [-0.2, -0.15) is 0 Å². The lowest BCUT2D eigenvalue weighted by atomic mass is 10.1. The molecule has 0 saturated carbocycles. The fourth-order valence-electron chi connectivity index (χ4n) is 1.77. The lowest BCUT2D eigenvalue weighted by molar-refractivity contribution is -0.120. The first kappa shape index (κ1) is 14.5. The molecule has 18 heavy (non-hydrogen) atoms. The Morgan fingerprint density at radius 2 is 2.17 bits per heavy atom. The average molecular weight is 250 g/mol. The molecule has 1 aromatic rings. The standard InChI is InChI=1S/C14H22N2O2/c1-4-16-14(17)7-8-15-10-12-5-6-13(18-3)11(2)9-12/h5-6,9,15H,4,7-8,10H2,1-3H3,(H,16,17). The van der Waals surface area contributed by atoms with E-state index in [2.05, 4.69) is 16.7 Å². The van der Waals surface area contributed by atoms with E-state index in [1.54, 1.807) is 7.11 Å². The van der Waals surface area contributed by atoms with E-state index >= 15 is 0 Å². The number of methoxy groups -OCH3 is 1. The number of nitrogens with one attached hydrogen (secondary N) is 2. The maximum Gasteiger partial charge on any atom is 0.221 e. The summed E-state index contributed by atoms with van der Waals surface area (Å²) in [7, 11) is 1.67. The maximum absolute atomic E-state index is 11.2. The molecule has 0 heterocycles. The number of hydrogen-bond acceptors (Lipinski definition) is 3. The van der Waals surface area contributed by atoms with Crippen LogP contribution >= 0.6 is 0 Å². The summed E-state index contributed by atoms with van der Waals surface area (Å²) >= 11 is 0. The van der Waals surface area contributed by atoms with Gasteiger partial charge in [-0.15, -0.1) is 0 Å². The quantitative estimate of drug-likeness (QED) is 0.723. The van der Waals surface area contributed by atoms with E-state index in [9.17, 15) is 4.79 Å². The molecule has 0 saturated heterocycles. The van der Waals surface area contributed by atoms with Crippen LogP contribution in [0.25, 0.3) is 0 Å². The predicted molar refractivity (Wildman–Crippen MR) is 72.7 cm³/mol. The van der Waals surface area contributed by atoms with Crippen molar-refractivity contribution < 1.29 is 9.53 Å². The Kier molecular flexibility index (Phi) is 6.22. The molecule has 1 amide bonds. The third kappa shape index (κ3) is 4.75. The number of carbonyl (C=O) groups is 1. The Labute approximate surface area is 109 Å². The van der Waals surface area contributed by atoms with Gasteiger partial charge in [-0.25, -0.2) is 0 Å². The SMILES string of the molecule is CCNC(=O)CCNCc1ccc(OC)c(C)c1. The van der Waals surface area contributed by atoms with Crippen molar-refractivity contribution in [1.29, 1.82) is 0 Å². The zero-order valence-corrected chi connectivity index (χ0v) is 11.4. The summed E-state index contributed by atoms with van der Waals surface area (Å²) in [4.78, 5) is 11.2. The molecular formula is C14H22N2O2. The molecular weight excluding hydrogens is 228 g/mol.